The van der Waals surface area contributed by atoms with Crippen LogP contribution in [0.15, 0.2) is 170 Å². The number of ether oxygens (including phenoxy) is 3. The molecule has 0 bridgehead atoms. The predicted molar refractivity (Wildman–Crippen MR) is 334 cm³/mol. The van der Waals surface area contributed by atoms with Crippen molar-refractivity contribution in [3.8, 4) is 0 Å². The molecule has 0 amide bonds. The monoisotopic (exact) mass is 1060 g/mol. The van der Waals surface area contributed by atoms with Crippen LogP contribution in [0.2, 0.25) is 0 Å². The van der Waals surface area contributed by atoms with Gasteiger partial charge in [-0.25, -0.2) is 0 Å². The first-order valence-electron chi connectivity index (χ1n) is 30.6. The van der Waals surface area contributed by atoms with Crippen molar-refractivity contribution in [3.63, 3.8) is 0 Å². The Bertz CT molecular complexity index is 1790. The molecule has 0 saturated carbocycles. The molecule has 0 aliphatic heterocycles. The molecule has 1 atom stereocenters. The lowest BCUT2D eigenvalue weighted by molar-refractivity contribution is -0.166. The quantitative estimate of drug-likeness (QED) is 0.0261. The van der Waals surface area contributed by atoms with Crippen LogP contribution in [-0.4, -0.2) is 37.2 Å². The molecule has 77 heavy (non-hydrogen) atoms. The minimum absolute atomic E-state index is 0.117. The van der Waals surface area contributed by atoms with E-state index in [4.69, 9.17) is 14.2 Å². The molecule has 0 N–H and O–H groups in total. The average molecular weight is 1060 g/mol. The Morgan fingerprint density at radius 3 is 0.844 bits per heavy atom. The molecule has 6 nitrogen and oxygen atoms in total. The van der Waals surface area contributed by atoms with Gasteiger partial charge in [0.1, 0.15) is 13.2 Å². The molecule has 6 heteroatoms. The molecule has 0 saturated heterocycles. The Kier molecular flexibility index (Phi) is 59.0. The number of hydrogen-bond donors (Lipinski definition) is 0. The van der Waals surface area contributed by atoms with E-state index in [2.05, 4.69) is 179 Å². The molecule has 0 aliphatic rings. The van der Waals surface area contributed by atoms with Crippen molar-refractivity contribution in [1.82, 2.24) is 0 Å². The first-order chi connectivity index (χ1) is 38.0. The van der Waals surface area contributed by atoms with Gasteiger partial charge in [0.2, 0.25) is 0 Å². The summed E-state index contributed by atoms with van der Waals surface area (Å²) in [7, 11) is 0. The van der Waals surface area contributed by atoms with Gasteiger partial charge in [-0.2, -0.15) is 0 Å². The Hall–Kier alpha value is -5.23. The van der Waals surface area contributed by atoms with Crippen molar-refractivity contribution in [1.29, 1.82) is 0 Å². The molecule has 0 aromatic heterocycles. The molecule has 430 valence electrons. The zero-order valence-electron chi connectivity index (χ0n) is 49.1. The number of carbonyl (C=O) groups excluding carboxylic acids is 3. The van der Waals surface area contributed by atoms with Gasteiger partial charge in [-0.05, 0) is 122 Å². The molecule has 1 unspecified atom stereocenters. The summed E-state index contributed by atoms with van der Waals surface area (Å²) in [5.41, 5.74) is 0. The first kappa shape index (κ1) is 71.8. The van der Waals surface area contributed by atoms with Gasteiger partial charge < -0.3 is 14.2 Å². The van der Waals surface area contributed by atoms with E-state index < -0.39 is 12.1 Å². The Morgan fingerprint density at radius 2 is 0.532 bits per heavy atom. The molecule has 0 heterocycles. The zero-order chi connectivity index (χ0) is 55.7. The van der Waals surface area contributed by atoms with Crippen molar-refractivity contribution in [3.05, 3.63) is 170 Å². The van der Waals surface area contributed by atoms with Crippen molar-refractivity contribution in [2.75, 3.05) is 13.2 Å². The van der Waals surface area contributed by atoms with Crippen molar-refractivity contribution < 1.29 is 28.6 Å². The average Bonchev–Trinajstić information content (AvgIpc) is 3.43. The molecule has 0 fully saturated rings. The number of unbranched alkanes of at least 4 members (excludes halogenated alkanes) is 14. The van der Waals surface area contributed by atoms with Crippen molar-refractivity contribution in [2.45, 2.75) is 245 Å². The maximum absolute atomic E-state index is 12.8. The van der Waals surface area contributed by atoms with E-state index in [9.17, 15) is 14.4 Å². The van der Waals surface area contributed by atoms with E-state index in [1.165, 1.54) is 57.8 Å². The minimum Gasteiger partial charge on any atom is -0.462 e. The lowest BCUT2D eigenvalue weighted by Crippen LogP contribution is -2.30. The fraction of sp³-hybridized carbons (Fsp3) is 0.563. The number of carbonyl (C=O) groups is 3. The van der Waals surface area contributed by atoms with Crippen LogP contribution in [0.5, 0.6) is 0 Å². The van der Waals surface area contributed by atoms with Gasteiger partial charge in [0, 0.05) is 19.3 Å². The Labute approximate surface area is 472 Å². The van der Waals surface area contributed by atoms with E-state index in [-0.39, 0.29) is 31.6 Å². The van der Waals surface area contributed by atoms with E-state index in [0.29, 0.717) is 19.3 Å². The van der Waals surface area contributed by atoms with Crippen LogP contribution in [0.4, 0.5) is 0 Å². The molecule has 0 aromatic carbocycles. The number of allylic oxidation sites excluding steroid dienone is 28. The van der Waals surface area contributed by atoms with Gasteiger partial charge in [-0.15, -0.1) is 0 Å². The summed E-state index contributed by atoms with van der Waals surface area (Å²) >= 11 is 0. The fourth-order valence-corrected chi connectivity index (χ4v) is 7.72. The number of hydrogen-bond acceptors (Lipinski definition) is 6. The highest BCUT2D eigenvalue weighted by Crippen LogP contribution is 2.13. The Morgan fingerprint density at radius 1 is 0.273 bits per heavy atom. The Balaban J connectivity index is 4.26. The molecule has 0 rings (SSSR count). The standard InChI is InChI=1S/C71H110O6/c1-4-7-10-13-16-18-20-22-24-26-28-29-30-31-32-33-34-35-36-37-38-39-40-41-43-44-46-48-50-52-55-58-61-64-70(73)76-67-68(66-75-69(72)63-60-57-54-15-12-9-6-3)77-71(74)65-62-59-56-53-51-49-47-45-42-27-25-23-21-19-17-14-11-8-5-2/h7-8,10-11,16-19,22-25,28-29,31-32,34-35,37-38,40-42,45,49,51,56,59,68H,4-6,9,12-15,20-21,26-27,30,33,36,39,43-44,46-48,50,52-55,57-58,60-67H2,1-3H3/b10-7-,11-8-,18-16-,19-17-,24-22-,25-23-,29-28-,32-31-,35-34-,38-37-,41-40-,45-42-,51-49-,59-56-. The second-order valence-corrected chi connectivity index (χ2v) is 19.5. The summed E-state index contributed by atoms with van der Waals surface area (Å²) in [5.74, 6) is -1.03. The highest BCUT2D eigenvalue weighted by Gasteiger charge is 2.19. The van der Waals surface area contributed by atoms with Gasteiger partial charge >= 0.3 is 17.9 Å². The predicted octanol–water partition coefficient (Wildman–Crippen LogP) is 21.1. The van der Waals surface area contributed by atoms with Crippen LogP contribution in [-0.2, 0) is 28.6 Å². The SMILES string of the molecule is CC/C=C\C/C=C\C/C=C\C/C=C\C/C=C\C/C=C\C/C=C\C/C=C\CCCCCCCCCCC(=O)OCC(COC(=O)CCCCCCCCC)OC(=O)CC/C=C\C/C=C\C/C=C\C/C=C\C/C=C\C/C=C\CC. The summed E-state index contributed by atoms with van der Waals surface area (Å²) < 4.78 is 16.7. The summed E-state index contributed by atoms with van der Waals surface area (Å²) in [6.45, 7) is 6.28. The van der Waals surface area contributed by atoms with E-state index in [0.717, 1.165) is 135 Å². The van der Waals surface area contributed by atoms with Crippen LogP contribution in [0.1, 0.15) is 239 Å². The van der Waals surface area contributed by atoms with Crippen LogP contribution in [0, 0.1) is 0 Å². The molecule has 0 aromatic rings. The van der Waals surface area contributed by atoms with Crippen molar-refractivity contribution >= 4 is 17.9 Å². The number of rotatable bonds is 53. The smallest absolute Gasteiger partial charge is 0.306 e. The van der Waals surface area contributed by atoms with Crippen LogP contribution in [0.3, 0.4) is 0 Å². The third kappa shape index (κ3) is 61.5. The van der Waals surface area contributed by atoms with Gasteiger partial charge in [-0.1, -0.05) is 268 Å². The third-order valence-electron chi connectivity index (χ3n) is 12.2. The van der Waals surface area contributed by atoms with Crippen LogP contribution in [0.25, 0.3) is 0 Å². The summed E-state index contributed by atoms with van der Waals surface area (Å²) in [6, 6.07) is 0. The van der Waals surface area contributed by atoms with E-state index >= 15 is 0 Å². The molecular weight excluding hydrogens is 949 g/mol. The third-order valence-corrected chi connectivity index (χ3v) is 12.2. The lowest BCUT2D eigenvalue weighted by Gasteiger charge is -2.18. The molecule has 0 radical (unpaired) electrons. The second-order valence-electron chi connectivity index (χ2n) is 19.5. The maximum atomic E-state index is 12.8. The summed E-state index contributed by atoms with van der Waals surface area (Å²) in [5, 5.41) is 0. The highest BCUT2D eigenvalue weighted by atomic mass is 16.6. The highest BCUT2D eigenvalue weighted by molar-refractivity contribution is 5.71. The lowest BCUT2D eigenvalue weighted by atomic mass is 10.1. The molecular formula is C71H110O6. The van der Waals surface area contributed by atoms with Crippen molar-refractivity contribution in [2.24, 2.45) is 0 Å². The van der Waals surface area contributed by atoms with Gasteiger partial charge in [-0.3, -0.25) is 14.4 Å². The van der Waals surface area contributed by atoms with E-state index in [1.54, 1.807) is 0 Å². The first-order valence-corrected chi connectivity index (χ1v) is 30.6. The number of esters is 3. The zero-order valence-corrected chi connectivity index (χ0v) is 49.1. The van der Waals surface area contributed by atoms with Crippen LogP contribution >= 0.6 is 0 Å². The van der Waals surface area contributed by atoms with Gasteiger partial charge in [0.25, 0.3) is 0 Å². The molecule has 0 aliphatic carbocycles. The summed E-state index contributed by atoms with van der Waals surface area (Å²) in [4.78, 5) is 38.0. The molecule has 0 spiro atoms. The summed E-state index contributed by atoms with van der Waals surface area (Å²) in [6.07, 6.45) is 93.9. The fourth-order valence-electron chi connectivity index (χ4n) is 7.72. The normalized spacial score (nSPS) is 13.3. The second kappa shape index (κ2) is 63.3. The van der Waals surface area contributed by atoms with Gasteiger partial charge in [0.15, 0.2) is 6.10 Å². The van der Waals surface area contributed by atoms with E-state index in [1.807, 2.05) is 12.2 Å². The minimum atomic E-state index is -0.827. The maximum Gasteiger partial charge on any atom is 0.306 e. The topological polar surface area (TPSA) is 78.9 Å². The van der Waals surface area contributed by atoms with Crippen LogP contribution < -0.4 is 0 Å². The largest absolute Gasteiger partial charge is 0.462 e. The van der Waals surface area contributed by atoms with Gasteiger partial charge in [0.05, 0.1) is 0 Å².